The SMILES string of the molecule is CNCC/N=C\C(C)NC. The summed E-state index contributed by atoms with van der Waals surface area (Å²) in [6, 6.07) is 0.386. The second-order valence-corrected chi connectivity index (χ2v) is 2.24. The topological polar surface area (TPSA) is 36.4 Å². The van der Waals surface area contributed by atoms with Crippen molar-refractivity contribution in [3.05, 3.63) is 0 Å². The minimum absolute atomic E-state index is 0.386. The number of rotatable bonds is 5. The van der Waals surface area contributed by atoms with Gasteiger partial charge in [-0.15, -0.1) is 0 Å². The molecule has 0 rings (SSSR count). The van der Waals surface area contributed by atoms with Crippen LogP contribution in [0.3, 0.4) is 0 Å². The zero-order chi connectivity index (χ0) is 7.82. The van der Waals surface area contributed by atoms with Gasteiger partial charge < -0.3 is 10.6 Å². The molecule has 60 valence electrons. The van der Waals surface area contributed by atoms with Gasteiger partial charge in [0, 0.05) is 18.8 Å². The quantitative estimate of drug-likeness (QED) is 0.416. The molecule has 0 amide bonds. The molecule has 0 aliphatic heterocycles. The van der Waals surface area contributed by atoms with Crippen LogP contribution in [0.1, 0.15) is 6.92 Å². The van der Waals surface area contributed by atoms with Crippen molar-refractivity contribution in [2.75, 3.05) is 27.2 Å². The van der Waals surface area contributed by atoms with Crippen molar-refractivity contribution in [3.63, 3.8) is 0 Å². The maximum Gasteiger partial charge on any atom is 0.0510 e. The second-order valence-electron chi connectivity index (χ2n) is 2.24. The van der Waals surface area contributed by atoms with E-state index in [2.05, 4.69) is 22.5 Å². The first-order chi connectivity index (χ1) is 4.81. The van der Waals surface area contributed by atoms with Crippen molar-refractivity contribution in [2.24, 2.45) is 4.99 Å². The van der Waals surface area contributed by atoms with E-state index in [0.717, 1.165) is 13.1 Å². The highest BCUT2D eigenvalue weighted by Gasteiger charge is 1.87. The summed E-state index contributed by atoms with van der Waals surface area (Å²) in [4.78, 5) is 4.18. The molecule has 10 heavy (non-hydrogen) atoms. The highest BCUT2D eigenvalue weighted by Crippen LogP contribution is 1.73. The Kier molecular flexibility index (Phi) is 6.43. The first kappa shape index (κ1) is 9.59. The van der Waals surface area contributed by atoms with Crippen LogP contribution in [0, 0.1) is 0 Å². The van der Waals surface area contributed by atoms with Gasteiger partial charge in [0.05, 0.1) is 6.54 Å². The van der Waals surface area contributed by atoms with Gasteiger partial charge in [0.2, 0.25) is 0 Å². The van der Waals surface area contributed by atoms with Gasteiger partial charge in [-0.2, -0.15) is 0 Å². The van der Waals surface area contributed by atoms with Crippen LogP contribution < -0.4 is 10.6 Å². The van der Waals surface area contributed by atoms with E-state index in [4.69, 9.17) is 0 Å². The van der Waals surface area contributed by atoms with Gasteiger partial charge in [0.15, 0.2) is 0 Å². The summed E-state index contributed by atoms with van der Waals surface area (Å²) in [6.45, 7) is 3.89. The molecular weight excluding hydrogens is 126 g/mol. The van der Waals surface area contributed by atoms with Gasteiger partial charge in [-0.3, -0.25) is 4.99 Å². The Morgan fingerprint density at radius 1 is 1.50 bits per heavy atom. The molecule has 0 heterocycles. The van der Waals surface area contributed by atoms with Crippen LogP contribution in [0.5, 0.6) is 0 Å². The third-order valence-electron chi connectivity index (χ3n) is 1.28. The lowest BCUT2D eigenvalue weighted by molar-refractivity contribution is 0.760. The maximum atomic E-state index is 4.18. The van der Waals surface area contributed by atoms with E-state index < -0.39 is 0 Å². The molecule has 0 bridgehead atoms. The van der Waals surface area contributed by atoms with Crippen molar-refractivity contribution in [2.45, 2.75) is 13.0 Å². The molecule has 0 fully saturated rings. The van der Waals surface area contributed by atoms with Crippen LogP contribution in [-0.2, 0) is 0 Å². The maximum absolute atomic E-state index is 4.18. The molecule has 0 aromatic carbocycles. The molecule has 3 nitrogen and oxygen atoms in total. The average Bonchev–Trinajstić information content (AvgIpc) is 1.98. The van der Waals surface area contributed by atoms with Crippen LogP contribution in [0.2, 0.25) is 0 Å². The van der Waals surface area contributed by atoms with Crippen molar-refractivity contribution in [3.8, 4) is 0 Å². The van der Waals surface area contributed by atoms with Crippen molar-refractivity contribution < 1.29 is 0 Å². The van der Waals surface area contributed by atoms with Crippen LogP contribution in [-0.4, -0.2) is 39.4 Å². The normalized spacial score (nSPS) is 14.3. The summed E-state index contributed by atoms with van der Waals surface area (Å²) < 4.78 is 0. The van der Waals surface area contributed by atoms with E-state index in [-0.39, 0.29) is 0 Å². The molecule has 0 saturated heterocycles. The third-order valence-corrected chi connectivity index (χ3v) is 1.28. The van der Waals surface area contributed by atoms with E-state index in [1.165, 1.54) is 0 Å². The van der Waals surface area contributed by atoms with E-state index in [1.807, 2.05) is 20.3 Å². The van der Waals surface area contributed by atoms with Gasteiger partial charge >= 0.3 is 0 Å². The number of nitrogens with zero attached hydrogens (tertiary/aromatic N) is 1. The molecule has 0 aromatic heterocycles. The van der Waals surface area contributed by atoms with Crippen molar-refractivity contribution in [1.29, 1.82) is 0 Å². The predicted molar refractivity (Wildman–Crippen MR) is 45.8 cm³/mol. The summed E-state index contributed by atoms with van der Waals surface area (Å²) in [5.74, 6) is 0. The highest BCUT2D eigenvalue weighted by molar-refractivity contribution is 5.63. The Hall–Kier alpha value is -0.410. The summed E-state index contributed by atoms with van der Waals surface area (Å²) in [7, 11) is 3.85. The molecule has 1 unspecified atom stereocenters. The number of hydrogen-bond acceptors (Lipinski definition) is 3. The van der Waals surface area contributed by atoms with Gasteiger partial charge in [0.25, 0.3) is 0 Å². The fourth-order valence-corrected chi connectivity index (χ4v) is 0.484. The summed E-state index contributed by atoms with van der Waals surface area (Å²) in [5, 5.41) is 6.10. The predicted octanol–water partition coefficient (Wildman–Crippen LogP) is -0.115. The van der Waals surface area contributed by atoms with Crippen molar-refractivity contribution in [1.82, 2.24) is 10.6 Å². The smallest absolute Gasteiger partial charge is 0.0510 e. The molecule has 2 N–H and O–H groups in total. The van der Waals surface area contributed by atoms with E-state index >= 15 is 0 Å². The van der Waals surface area contributed by atoms with Gasteiger partial charge in [-0.1, -0.05) is 0 Å². The van der Waals surface area contributed by atoms with Gasteiger partial charge in [0.1, 0.15) is 0 Å². The average molecular weight is 143 g/mol. The standard InChI is InChI=1S/C7H17N3/c1-7(9-3)6-10-5-4-8-2/h6-9H,4-5H2,1-3H3/b10-6-. The van der Waals surface area contributed by atoms with Gasteiger partial charge in [-0.05, 0) is 21.0 Å². The summed E-state index contributed by atoms with van der Waals surface area (Å²) >= 11 is 0. The lowest BCUT2D eigenvalue weighted by atomic mass is 10.4. The number of likely N-dealkylation sites (N-methyl/N-ethyl adjacent to an activating group) is 1. The molecule has 0 radical (unpaired) electrons. The first-order valence-electron chi connectivity index (χ1n) is 3.63. The Balaban J connectivity index is 3.18. The van der Waals surface area contributed by atoms with E-state index in [9.17, 15) is 0 Å². The highest BCUT2D eigenvalue weighted by atomic mass is 14.9. The third kappa shape index (κ3) is 5.72. The number of aliphatic imine (C=N–C) groups is 1. The number of hydrogen-bond donors (Lipinski definition) is 2. The molecule has 0 aliphatic rings. The van der Waals surface area contributed by atoms with E-state index in [0.29, 0.717) is 6.04 Å². The van der Waals surface area contributed by atoms with Crippen LogP contribution in [0.4, 0.5) is 0 Å². The zero-order valence-corrected chi connectivity index (χ0v) is 7.02. The fourth-order valence-electron chi connectivity index (χ4n) is 0.484. The van der Waals surface area contributed by atoms with Crippen molar-refractivity contribution >= 4 is 6.21 Å². The molecule has 0 aliphatic carbocycles. The minimum Gasteiger partial charge on any atom is -0.318 e. The second kappa shape index (κ2) is 6.71. The van der Waals surface area contributed by atoms with Crippen LogP contribution >= 0.6 is 0 Å². The van der Waals surface area contributed by atoms with Crippen LogP contribution in [0.15, 0.2) is 4.99 Å². The molecule has 0 saturated carbocycles. The first-order valence-corrected chi connectivity index (χ1v) is 3.63. The summed E-state index contributed by atoms with van der Waals surface area (Å²) in [5.41, 5.74) is 0. The van der Waals surface area contributed by atoms with Gasteiger partial charge in [-0.25, -0.2) is 0 Å². The monoisotopic (exact) mass is 143 g/mol. The lowest BCUT2D eigenvalue weighted by Gasteiger charge is -2.00. The zero-order valence-electron chi connectivity index (χ0n) is 7.02. The number of nitrogens with one attached hydrogen (secondary N) is 2. The largest absolute Gasteiger partial charge is 0.318 e. The summed E-state index contributed by atoms with van der Waals surface area (Å²) in [6.07, 6.45) is 1.93. The lowest BCUT2D eigenvalue weighted by Crippen LogP contribution is -2.23. The van der Waals surface area contributed by atoms with E-state index in [1.54, 1.807) is 0 Å². The molecule has 3 heteroatoms. The Bertz CT molecular complexity index is 90.9. The Labute approximate surface area is 62.9 Å². The Morgan fingerprint density at radius 2 is 2.20 bits per heavy atom. The Morgan fingerprint density at radius 3 is 2.70 bits per heavy atom. The molecule has 1 atom stereocenters. The molecule has 0 spiro atoms. The van der Waals surface area contributed by atoms with Crippen LogP contribution in [0.25, 0.3) is 0 Å². The minimum atomic E-state index is 0.386. The molecule has 0 aromatic rings. The fraction of sp³-hybridized carbons (Fsp3) is 0.857. The molecular formula is C7H17N3.